The van der Waals surface area contributed by atoms with Crippen LogP contribution in [0.2, 0.25) is 0 Å². The number of carbonyl (C=O) groups is 1. The zero-order chi connectivity index (χ0) is 9.84. The molecule has 3 nitrogen and oxygen atoms in total. The molecule has 4 heteroatoms. The van der Waals surface area contributed by atoms with Crippen LogP contribution in [0.25, 0.3) is 0 Å². The van der Waals surface area contributed by atoms with E-state index in [4.69, 9.17) is 11.5 Å². The number of nitrogens with one attached hydrogen (secondary N) is 1. The number of hydrogen-bond acceptors (Lipinski definition) is 1. The monoisotopic (exact) mass is 179 g/mol. The molecule has 0 radical (unpaired) electrons. The normalized spacial score (nSPS) is 8.92. The number of terminal acetylenes is 1. The maximum atomic E-state index is 12.8. The van der Waals surface area contributed by atoms with Gasteiger partial charge in [-0.2, -0.15) is 0 Å². The first-order valence-corrected chi connectivity index (χ1v) is 3.39. The lowest BCUT2D eigenvalue weighted by atomic mass is 10.2. The predicted molar refractivity (Wildman–Crippen MR) is 46.0 cm³/mol. The summed E-state index contributed by atoms with van der Waals surface area (Å²) >= 11 is 0. The molecule has 1 rings (SSSR count). The molecule has 2 N–H and O–H groups in total. The van der Waals surface area contributed by atoms with Crippen molar-refractivity contribution in [3.8, 4) is 12.3 Å². The van der Waals surface area contributed by atoms with E-state index < -0.39 is 11.9 Å². The van der Waals surface area contributed by atoms with E-state index in [1.54, 1.807) is 0 Å². The average Bonchev–Trinajstić information content (AvgIpc) is 2.07. The van der Waals surface area contributed by atoms with Gasteiger partial charge in [0, 0.05) is 5.69 Å². The molecule has 0 unspecified atom stereocenters. The molecular formula is C9H6FNO2. The molecule has 66 valence electrons. The van der Waals surface area contributed by atoms with Crippen molar-refractivity contribution in [3.63, 3.8) is 0 Å². The van der Waals surface area contributed by atoms with Gasteiger partial charge in [0.2, 0.25) is 0 Å². The molecule has 0 fully saturated rings. The lowest BCUT2D eigenvalue weighted by Crippen LogP contribution is -2.07. The lowest BCUT2D eigenvalue weighted by Gasteiger charge is -2.01. The van der Waals surface area contributed by atoms with E-state index in [0.29, 0.717) is 0 Å². The standard InChI is InChI=1S/C9H6FNO2/c1-2-6-5-7(11-9(12)13)3-4-8(6)10/h1,3-5,11H,(H,12,13). The molecule has 0 bridgehead atoms. The molecule has 1 aromatic rings. The first kappa shape index (κ1) is 9.07. The molecule has 0 atom stereocenters. The summed E-state index contributed by atoms with van der Waals surface area (Å²) in [5.74, 6) is 1.56. The molecule has 0 saturated heterocycles. The predicted octanol–water partition coefficient (Wildman–Crippen LogP) is 1.90. The fraction of sp³-hybridized carbons (Fsp3) is 0. The quantitative estimate of drug-likeness (QED) is 0.647. The Hall–Kier alpha value is -2.02. The van der Waals surface area contributed by atoms with Crippen LogP contribution in [0.5, 0.6) is 0 Å². The molecule has 0 aliphatic heterocycles. The molecule has 13 heavy (non-hydrogen) atoms. The molecule has 0 aromatic heterocycles. The van der Waals surface area contributed by atoms with Gasteiger partial charge in [0.25, 0.3) is 0 Å². The minimum atomic E-state index is -1.21. The van der Waals surface area contributed by atoms with Gasteiger partial charge in [-0.05, 0) is 18.2 Å². The Morgan fingerprint density at radius 1 is 1.62 bits per heavy atom. The second-order valence-corrected chi connectivity index (χ2v) is 2.27. The van der Waals surface area contributed by atoms with E-state index in [2.05, 4.69) is 11.2 Å². The Kier molecular flexibility index (Phi) is 2.50. The van der Waals surface area contributed by atoms with Crippen molar-refractivity contribution >= 4 is 11.8 Å². The molecule has 0 aliphatic carbocycles. The van der Waals surface area contributed by atoms with Gasteiger partial charge in [-0.25, -0.2) is 9.18 Å². The fourth-order valence-corrected chi connectivity index (χ4v) is 0.837. The zero-order valence-corrected chi connectivity index (χ0v) is 6.54. The zero-order valence-electron chi connectivity index (χ0n) is 6.54. The van der Waals surface area contributed by atoms with E-state index in [0.717, 1.165) is 6.07 Å². The minimum absolute atomic E-state index is 0.0336. The summed E-state index contributed by atoms with van der Waals surface area (Å²) in [4.78, 5) is 10.2. The highest BCUT2D eigenvalue weighted by Crippen LogP contribution is 2.13. The third-order valence-corrected chi connectivity index (χ3v) is 1.37. The molecule has 0 aliphatic rings. The fourth-order valence-electron chi connectivity index (χ4n) is 0.837. The lowest BCUT2D eigenvalue weighted by molar-refractivity contribution is 0.209. The van der Waals surface area contributed by atoms with Crippen LogP contribution in [0.4, 0.5) is 14.9 Å². The van der Waals surface area contributed by atoms with Crippen LogP contribution in [0, 0.1) is 18.2 Å². The summed E-state index contributed by atoms with van der Waals surface area (Å²) in [6, 6.07) is 3.66. The van der Waals surface area contributed by atoms with Crippen molar-refractivity contribution in [3.05, 3.63) is 29.6 Å². The summed E-state index contributed by atoms with van der Waals surface area (Å²) in [6.45, 7) is 0. The molecular weight excluding hydrogens is 173 g/mol. The van der Waals surface area contributed by atoms with Crippen LogP contribution >= 0.6 is 0 Å². The maximum absolute atomic E-state index is 12.8. The van der Waals surface area contributed by atoms with E-state index in [1.807, 2.05) is 0 Å². The first-order chi connectivity index (χ1) is 6.13. The highest BCUT2D eigenvalue weighted by molar-refractivity contribution is 5.83. The van der Waals surface area contributed by atoms with Crippen LogP contribution < -0.4 is 5.32 Å². The Bertz CT molecular complexity index is 382. The summed E-state index contributed by atoms with van der Waals surface area (Å²) in [6.07, 6.45) is 3.77. The molecule has 1 amide bonds. The van der Waals surface area contributed by atoms with Gasteiger partial charge >= 0.3 is 6.09 Å². The van der Waals surface area contributed by atoms with Gasteiger partial charge in [0.15, 0.2) is 0 Å². The van der Waals surface area contributed by atoms with Gasteiger partial charge in [-0.3, -0.25) is 5.32 Å². The third-order valence-electron chi connectivity index (χ3n) is 1.37. The molecule has 0 saturated carbocycles. The summed E-state index contributed by atoms with van der Waals surface area (Å²) in [5, 5.41) is 10.4. The summed E-state index contributed by atoms with van der Waals surface area (Å²) in [5.41, 5.74) is 0.285. The van der Waals surface area contributed by atoms with Crippen molar-refractivity contribution in [2.24, 2.45) is 0 Å². The Labute approximate surface area is 74.2 Å². The largest absolute Gasteiger partial charge is 0.465 e. The number of halogens is 1. The summed E-state index contributed by atoms with van der Waals surface area (Å²) < 4.78 is 12.8. The Balaban J connectivity index is 3.01. The molecule has 0 heterocycles. The van der Waals surface area contributed by atoms with Crippen LogP contribution in [0.15, 0.2) is 18.2 Å². The Morgan fingerprint density at radius 2 is 2.31 bits per heavy atom. The minimum Gasteiger partial charge on any atom is -0.465 e. The smallest absolute Gasteiger partial charge is 0.409 e. The van der Waals surface area contributed by atoms with Gasteiger partial charge in [0.05, 0.1) is 5.56 Å². The second kappa shape index (κ2) is 3.59. The van der Waals surface area contributed by atoms with Gasteiger partial charge in [-0.15, -0.1) is 6.42 Å². The van der Waals surface area contributed by atoms with Crippen molar-refractivity contribution in [1.82, 2.24) is 0 Å². The SMILES string of the molecule is C#Cc1cc(NC(=O)O)ccc1F. The van der Waals surface area contributed by atoms with E-state index in [9.17, 15) is 9.18 Å². The van der Waals surface area contributed by atoms with Gasteiger partial charge in [0.1, 0.15) is 5.82 Å². The van der Waals surface area contributed by atoms with Crippen LogP contribution in [-0.4, -0.2) is 11.2 Å². The summed E-state index contributed by atoms with van der Waals surface area (Å²) in [7, 11) is 0. The van der Waals surface area contributed by atoms with Crippen LogP contribution in [0.3, 0.4) is 0 Å². The van der Waals surface area contributed by atoms with Gasteiger partial charge < -0.3 is 5.11 Å². The maximum Gasteiger partial charge on any atom is 0.409 e. The van der Waals surface area contributed by atoms with E-state index >= 15 is 0 Å². The van der Waals surface area contributed by atoms with Crippen LogP contribution in [-0.2, 0) is 0 Å². The average molecular weight is 179 g/mol. The highest BCUT2D eigenvalue weighted by Gasteiger charge is 2.02. The third kappa shape index (κ3) is 2.20. The van der Waals surface area contributed by atoms with Crippen molar-refractivity contribution in [2.45, 2.75) is 0 Å². The van der Waals surface area contributed by atoms with Crippen molar-refractivity contribution in [2.75, 3.05) is 5.32 Å². The molecule has 0 spiro atoms. The van der Waals surface area contributed by atoms with Gasteiger partial charge in [-0.1, -0.05) is 5.92 Å². The Morgan fingerprint density at radius 3 is 2.85 bits per heavy atom. The number of benzene rings is 1. The number of anilines is 1. The first-order valence-electron chi connectivity index (χ1n) is 3.39. The second-order valence-electron chi connectivity index (χ2n) is 2.27. The van der Waals surface area contributed by atoms with Crippen LogP contribution in [0.1, 0.15) is 5.56 Å². The highest BCUT2D eigenvalue weighted by atomic mass is 19.1. The number of amides is 1. The number of carboxylic acid groups (broad SMARTS) is 1. The van der Waals surface area contributed by atoms with E-state index in [-0.39, 0.29) is 11.3 Å². The number of rotatable bonds is 1. The molecule has 1 aromatic carbocycles. The topological polar surface area (TPSA) is 49.3 Å². The number of hydrogen-bond donors (Lipinski definition) is 2. The van der Waals surface area contributed by atoms with E-state index in [1.165, 1.54) is 12.1 Å². The van der Waals surface area contributed by atoms with Crippen molar-refractivity contribution < 1.29 is 14.3 Å². The van der Waals surface area contributed by atoms with Crippen molar-refractivity contribution in [1.29, 1.82) is 0 Å².